The van der Waals surface area contributed by atoms with Gasteiger partial charge in [0.05, 0.1) is 5.02 Å². The Balaban J connectivity index is 2.05. The Labute approximate surface area is 110 Å². The van der Waals surface area contributed by atoms with Crippen molar-refractivity contribution < 1.29 is 14.3 Å². The molecular formula is C13H15ClFNO2. The fourth-order valence-corrected chi connectivity index (χ4v) is 2.43. The monoisotopic (exact) mass is 271 g/mol. The molecule has 1 fully saturated rings. The summed E-state index contributed by atoms with van der Waals surface area (Å²) in [7, 11) is 0. The van der Waals surface area contributed by atoms with Crippen molar-refractivity contribution >= 4 is 17.5 Å². The van der Waals surface area contributed by atoms with Crippen molar-refractivity contribution in [2.24, 2.45) is 5.92 Å². The molecule has 5 heteroatoms. The van der Waals surface area contributed by atoms with Crippen molar-refractivity contribution in [3.8, 4) is 0 Å². The van der Waals surface area contributed by atoms with Gasteiger partial charge in [0, 0.05) is 25.3 Å². The molecule has 2 rings (SSSR count). The average molecular weight is 272 g/mol. The minimum absolute atomic E-state index is 0.0352. The van der Waals surface area contributed by atoms with Crippen molar-refractivity contribution in [1.82, 2.24) is 4.90 Å². The van der Waals surface area contributed by atoms with Gasteiger partial charge in [0.15, 0.2) is 0 Å². The first-order valence-electron chi connectivity index (χ1n) is 5.97. The van der Waals surface area contributed by atoms with Crippen molar-refractivity contribution in [3.05, 3.63) is 34.6 Å². The highest BCUT2D eigenvalue weighted by Gasteiger charge is 2.26. The third kappa shape index (κ3) is 2.82. The molecule has 1 N–H and O–H groups in total. The van der Waals surface area contributed by atoms with Gasteiger partial charge in [-0.1, -0.05) is 11.6 Å². The van der Waals surface area contributed by atoms with E-state index >= 15 is 0 Å². The second-order valence-electron chi connectivity index (χ2n) is 4.55. The zero-order valence-corrected chi connectivity index (χ0v) is 10.7. The zero-order valence-electron chi connectivity index (χ0n) is 9.90. The summed E-state index contributed by atoms with van der Waals surface area (Å²) in [4.78, 5) is 13.9. The summed E-state index contributed by atoms with van der Waals surface area (Å²) in [5.41, 5.74) is 0.408. The summed E-state index contributed by atoms with van der Waals surface area (Å²) in [6.45, 7) is 1.47. The van der Waals surface area contributed by atoms with E-state index in [2.05, 4.69) is 0 Å². The Morgan fingerprint density at radius 3 is 3.00 bits per heavy atom. The van der Waals surface area contributed by atoms with Crippen LogP contribution in [0.1, 0.15) is 23.2 Å². The predicted octanol–water partition coefficient (Wildman–Crippen LogP) is 2.32. The van der Waals surface area contributed by atoms with E-state index in [1.54, 1.807) is 4.90 Å². The number of benzene rings is 1. The molecule has 0 radical (unpaired) electrons. The van der Waals surface area contributed by atoms with E-state index in [0.717, 1.165) is 6.42 Å². The molecule has 1 aliphatic rings. The summed E-state index contributed by atoms with van der Waals surface area (Å²) in [6.07, 6.45) is 1.62. The third-order valence-corrected chi connectivity index (χ3v) is 3.57. The van der Waals surface area contributed by atoms with Crippen LogP contribution in [0.25, 0.3) is 0 Å². The van der Waals surface area contributed by atoms with Crippen LogP contribution in [0, 0.1) is 11.7 Å². The quantitative estimate of drug-likeness (QED) is 0.917. The van der Waals surface area contributed by atoms with E-state index in [-0.39, 0.29) is 17.5 Å². The molecule has 1 saturated heterocycles. The van der Waals surface area contributed by atoms with Gasteiger partial charge in [-0.2, -0.15) is 0 Å². The first kappa shape index (κ1) is 13.3. The maximum absolute atomic E-state index is 13.0. The van der Waals surface area contributed by atoms with Crippen LogP contribution in [0.5, 0.6) is 0 Å². The summed E-state index contributed by atoms with van der Waals surface area (Å²) in [6, 6.07) is 4.01. The van der Waals surface area contributed by atoms with E-state index < -0.39 is 5.82 Å². The zero-order chi connectivity index (χ0) is 13.1. The molecule has 1 amide bonds. The molecule has 1 unspecified atom stereocenters. The smallest absolute Gasteiger partial charge is 0.253 e. The minimum Gasteiger partial charge on any atom is -0.396 e. The number of likely N-dealkylation sites (tertiary alicyclic amines) is 1. The Morgan fingerprint density at radius 2 is 2.33 bits per heavy atom. The van der Waals surface area contributed by atoms with Crippen LogP contribution in [0.2, 0.25) is 5.02 Å². The molecule has 0 aliphatic carbocycles. The van der Waals surface area contributed by atoms with E-state index in [1.807, 2.05) is 0 Å². The van der Waals surface area contributed by atoms with Crippen LogP contribution < -0.4 is 0 Å². The lowest BCUT2D eigenvalue weighted by Crippen LogP contribution is -2.28. The predicted molar refractivity (Wildman–Crippen MR) is 67.1 cm³/mol. The van der Waals surface area contributed by atoms with Crippen LogP contribution in [0.3, 0.4) is 0 Å². The second kappa shape index (κ2) is 5.67. The van der Waals surface area contributed by atoms with Crippen LogP contribution in [0.4, 0.5) is 4.39 Å². The normalized spacial score (nSPS) is 19.3. The number of carbonyl (C=O) groups is 1. The standard InChI is InChI=1S/C13H15ClFNO2/c14-11-7-10(1-2-12(11)15)13(18)16-5-3-9(8-16)4-6-17/h1-2,7,9,17H,3-6,8H2. The number of amides is 1. The van der Waals surface area contributed by atoms with Gasteiger partial charge in [-0.25, -0.2) is 4.39 Å². The van der Waals surface area contributed by atoms with Crippen LogP contribution in [-0.2, 0) is 0 Å². The molecule has 98 valence electrons. The number of nitrogens with zero attached hydrogens (tertiary/aromatic N) is 1. The summed E-state index contributed by atoms with van der Waals surface area (Å²) in [5.74, 6) is -0.292. The second-order valence-corrected chi connectivity index (χ2v) is 4.95. The molecule has 0 spiro atoms. The van der Waals surface area contributed by atoms with Gasteiger partial charge >= 0.3 is 0 Å². The van der Waals surface area contributed by atoms with Gasteiger partial charge in [-0.3, -0.25) is 4.79 Å². The molecule has 0 saturated carbocycles. The highest BCUT2D eigenvalue weighted by molar-refractivity contribution is 6.31. The third-order valence-electron chi connectivity index (χ3n) is 3.28. The van der Waals surface area contributed by atoms with Crippen LogP contribution in [-0.4, -0.2) is 35.6 Å². The van der Waals surface area contributed by atoms with Crippen molar-refractivity contribution in [3.63, 3.8) is 0 Å². The molecule has 1 heterocycles. The minimum atomic E-state index is -0.521. The van der Waals surface area contributed by atoms with E-state index in [9.17, 15) is 9.18 Å². The van der Waals surface area contributed by atoms with Gasteiger partial charge < -0.3 is 10.0 Å². The van der Waals surface area contributed by atoms with Crippen LogP contribution in [0.15, 0.2) is 18.2 Å². The fraction of sp³-hybridized carbons (Fsp3) is 0.462. The molecule has 1 aromatic carbocycles. The molecule has 0 aromatic heterocycles. The van der Waals surface area contributed by atoms with E-state index in [4.69, 9.17) is 16.7 Å². The SMILES string of the molecule is O=C(c1ccc(F)c(Cl)c1)N1CCC(CCO)C1. The first-order valence-corrected chi connectivity index (χ1v) is 6.35. The molecule has 1 aromatic rings. The van der Waals surface area contributed by atoms with Gasteiger partial charge in [0.25, 0.3) is 5.91 Å². The summed E-state index contributed by atoms with van der Waals surface area (Å²) in [5, 5.41) is 8.84. The number of carbonyl (C=O) groups excluding carboxylic acids is 1. The van der Waals surface area contributed by atoms with Crippen LogP contribution >= 0.6 is 11.6 Å². The topological polar surface area (TPSA) is 40.5 Å². The van der Waals surface area contributed by atoms with Gasteiger partial charge in [-0.05, 0) is 37.0 Å². The van der Waals surface area contributed by atoms with E-state index in [0.29, 0.717) is 31.0 Å². The molecule has 0 bridgehead atoms. The van der Waals surface area contributed by atoms with Crippen molar-refractivity contribution in [1.29, 1.82) is 0 Å². The summed E-state index contributed by atoms with van der Waals surface area (Å²) < 4.78 is 13.0. The summed E-state index contributed by atoms with van der Waals surface area (Å²) >= 11 is 5.66. The Bertz CT molecular complexity index is 453. The molecule has 3 nitrogen and oxygen atoms in total. The highest BCUT2D eigenvalue weighted by Crippen LogP contribution is 2.23. The number of rotatable bonds is 3. The lowest BCUT2D eigenvalue weighted by Gasteiger charge is -2.16. The molecule has 1 atom stereocenters. The van der Waals surface area contributed by atoms with Crippen molar-refractivity contribution in [2.75, 3.05) is 19.7 Å². The largest absolute Gasteiger partial charge is 0.396 e. The molecular weight excluding hydrogens is 257 g/mol. The lowest BCUT2D eigenvalue weighted by atomic mass is 10.1. The van der Waals surface area contributed by atoms with Gasteiger partial charge in [-0.15, -0.1) is 0 Å². The van der Waals surface area contributed by atoms with Gasteiger partial charge in [0.1, 0.15) is 5.82 Å². The Hall–Kier alpha value is -1.13. The molecule has 1 aliphatic heterocycles. The molecule has 18 heavy (non-hydrogen) atoms. The maximum Gasteiger partial charge on any atom is 0.253 e. The Kier molecular flexibility index (Phi) is 4.19. The Morgan fingerprint density at radius 1 is 1.56 bits per heavy atom. The lowest BCUT2D eigenvalue weighted by molar-refractivity contribution is 0.0784. The number of halogens is 2. The average Bonchev–Trinajstić information content (AvgIpc) is 2.81. The highest BCUT2D eigenvalue weighted by atomic mass is 35.5. The van der Waals surface area contributed by atoms with Gasteiger partial charge in [0.2, 0.25) is 0 Å². The maximum atomic E-state index is 13.0. The first-order chi connectivity index (χ1) is 8.61. The van der Waals surface area contributed by atoms with Crippen molar-refractivity contribution in [2.45, 2.75) is 12.8 Å². The number of aliphatic hydroxyl groups is 1. The van der Waals surface area contributed by atoms with E-state index in [1.165, 1.54) is 18.2 Å². The fourth-order valence-electron chi connectivity index (χ4n) is 2.25. The number of aliphatic hydroxyl groups excluding tert-OH is 1. The number of hydrogen-bond donors (Lipinski definition) is 1. The number of hydrogen-bond acceptors (Lipinski definition) is 2.